The monoisotopic (exact) mass is 350 g/mol. The van der Waals surface area contributed by atoms with Gasteiger partial charge >= 0.3 is 0 Å². The van der Waals surface area contributed by atoms with Crippen LogP contribution in [0.1, 0.15) is 33.7 Å². The Bertz CT molecular complexity index is 726. The number of rotatable bonds is 3. The highest BCUT2D eigenvalue weighted by atomic mass is 79.9. The molecule has 2 aromatic rings. The summed E-state index contributed by atoms with van der Waals surface area (Å²) >= 11 is 3.25. The summed E-state index contributed by atoms with van der Waals surface area (Å²) in [6.45, 7) is 0. The molecule has 5 nitrogen and oxygen atoms in total. The van der Waals surface area contributed by atoms with Crippen molar-refractivity contribution in [3.63, 3.8) is 0 Å². The molecule has 1 aliphatic carbocycles. The van der Waals surface area contributed by atoms with Crippen LogP contribution in [-0.4, -0.2) is 22.3 Å². The highest BCUT2D eigenvalue weighted by Gasteiger charge is 2.22. The number of benzene rings is 1. The second-order valence-corrected chi connectivity index (χ2v) is 5.66. The summed E-state index contributed by atoms with van der Waals surface area (Å²) in [4.78, 5) is 12.0. The fourth-order valence-electron chi connectivity index (χ4n) is 2.33. The first-order chi connectivity index (χ1) is 10.1. The Hall–Kier alpha value is -2.02. The van der Waals surface area contributed by atoms with Crippen LogP contribution in [0.15, 0.2) is 27.8 Å². The van der Waals surface area contributed by atoms with Crippen LogP contribution in [0, 0.1) is 5.82 Å². The predicted molar refractivity (Wildman–Crippen MR) is 79.8 cm³/mol. The zero-order chi connectivity index (χ0) is 14.8. The lowest BCUT2D eigenvalue weighted by Crippen LogP contribution is -2.19. The molecular weight excluding hydrogens is 339 g/mol. The van der Waals surface area contributed by atoms with Crippen molar-refractivity contribution in [3.05, 3.63) is 51.0 Å². The van der Waals surface area contributed by atoms with Crippen molar-refractivity contribution in [1.82, 2.24) is 15.6 Å². The molecule has 0 fully saturated rings. The summed E-state index contributed by atoms with van der Waals surface area (Å²) in [6, 6.07) is 4.50. The van der Waals surface area contributed by atoms with E-state index in [1.165, 1.54) is 12.3 Å². The van der Waals surface area contributed by atoms with Crippen molar-refractivity contribution in [2.24, 2.45) is 5.10 Å². The maximum atomic E-state index is 13.5. The third-order valence-corrected chi connectivity index (χ3v) is 3.84. The molecule has 0 unspecified atom stereocenters. The number of carbonyl (C=O) groups excluding carboxylic acids is 1. The number of nitrogens with zero attached hydrogens (tertiary/aromatic N) is 2. The number of halogens is 2. The highest BCUT2D eigenvalue weighted by Crippen LogP contribution is 2.22. The van der Waals surface area contributed by atoms with Crippen molar-refractivity contribution < 1.29 is 9.18 Å². The van der Waals surface area contributed by atoms with E-state index in [0.29, 0.717) is 5.69 Å². The van der Waals surface area contributed by atoms with E-state index in [4.69, 9.17) is 0 Å². The molecule has 0 radical (unpaired) electrons. The van der Waals surface area contributed by atoms with Gasteiger partial charge in [0.15, 0.2) is 5.69 Å². The van der Waals surface area contributed by atoms with Crippen LogP contribution in [0.4, 0.5) is 4.39 Å². The number of H-pyrrole nitrogens is 1. The minimum atomic E-state index is -0.406. The fourth-order valence-corrected chi connectivity index (χ4v) is 2.71. The number of fused-ring (bicyclic) bond motifs is 1. The van der Waals surface area contributed by atoms with Crippen LogP contribution in [0.5, 0.6) is 0 Å². The van der Waals surface area contributed by atoms with E-state index in [9.17, 15) is 9.18 Å². The lowest BCUT2D eigenvalue weighted by atomic mass is 10.2. The summed E-state index contributed by atoms with van der Waals surface area (Å²) < 4.78 is 14.2. The molecule has 0 saturated carbocycles. The first-order valence-electron chi connectivity index (χ1n) is 6.49. The Balaban J connectivity index is 1.71. The predicted octanol–water partition coefficient (Wildman–Crippen LogP) is 2.56. The summed E-state index contributed by atoms with van der Waals surface area (Å²) in [6.07, 6.45) is 4.06. The molecule has 2 N–H and O–H groups in total. The van der Waals surface area contributed by atoms with Crippen LogP contribution in [0.3, 0.4) is 0 Å². The van der Waals surface area contributed by atoms with Gasteiger partial charge in [-0.25, -0.2) is 9.82 Å². The van der Waals surface area contributed by atoms with E-state index >= 15 is 0 Å². The van der Waals surface area contributed by atoms with Crippen molar-refractivity contribution >= 4 is 28.1 Å². The number of hydrogen-bond donors (Lipinski definition) is 2. The van der Waals surface area contributed by atoms with Crippen LogP contribution >= 0.6 is 15.9 Å². The molecule has 7 heteroatoms. The van der Waals surface area contributed by atoms with Crippen LogP contribution in [0.2, 0.25) is 0 Å². The normalized spacial score (nSPS) is 13.6. The molecule has 21 heavy (non-hydrogen) atoms. The van der Waals surface area contributed by atoms with Gasteiger partial charge in [-0.15, -0.1) is 0 Å². The van der Waals surface area contributed by atoms with Crippen LogP contribution in [0.25, 0.3) is 0 Å². The lowest BCUT2D eigenvalue weighted by molar-refractivity contribution is 0.0949. The van der Waals surface area contributed by atoms with Gasteiger partial charge in [-0.2, -0.15) is 10.2 Å². The summed E-state index contributed by atoms with van der Waals surface area (Å²) in [5.74, 6) is -0.794. The average Bonchev–Trinajstić information content (AvgIpc) is 3.05. The fraction of sp³-hybridized carbons (Fsp3) is 0.214. The van der Waals surface area contributed by atoms with Gasteiger partial charge in [0, 0.05) is 21.3 Å². The Morgan fingerprint density at radius 3 is 3.19 bits per heavy atom. The molecule has 1 amide bonds. The molecule has 0 bridgehead atoms. The first-order valence-corrected chi connectivity index (χ1v) is 7.29. The number of aryl methyl sites for hydroxylation is 1. The van der Waals surface area contributed by atoms with E-state index in [0.717, 1.165) is 35.0 Å². The molecule has 1 aromatic heterocycles. The molecule has 0 saturated heterocycles. The molecule has 1 aliphatic rings. The van der Waals surface area contributed by atoms with E-state index in [1.54, 1.807) is 12.1 Å². The smallest absolute Gasteiger partial charge is 0.281 e. The SMILES string of the molecule is O=C(N/N=C\c1cc(Br)ccc1F)c1n[nH]c2c1CCC2. The quantitative estimate of drug-likeness (QED) is 0.659. The lowest BCUT2D eigenvalue weighted by Gasteiger charge is -1.99. The van der Waals surface area contributed by atoms with E-state index in [2.05, 4.69) is 36.7 Å². The third-order valence-electron chi connectivity index (χ3n) is 3.35. The van der Waals surface area contributed by atoms with E-state index in [-0.39, 0.29) is 11.5 Å². The standard InChI is InChI=1S/C14H12BrFN4O/c15-9-4-5-11(16)8(6-9)7-17-20-14(21)13-10-2-1-3-12(10)18-19-13/h4-7H,1-3H2,(H,18,19)(H,20,21)/b17-7-. The number of carbonyl (C=O) groups is 1. The first kappa shape index (κ1) is 13.9. The van der Waals surface area contributed by atoms with E-state index < -0.39 is 5.82 Å². The molecular formula is C14H12BrFN4O. The summed E-state index contributed by atoms with van der Waals surface area (Å²) in [7, 11) is 0. The molecule has 0 aliphatic heterocycles. The second-order valence-electron chi connectivity index (χ2n) is 4.75. The summed E-state index contributed by atoms with van der Waals surface area (Å²) in [5.41, 5.74) is 5.01. The van der Waals surface area contributed by atoms with Crippen LogP contribution in [-0.2, 0) is 12.8 Å². The number of aromatic nitrogens is 2. The minimum Gasteiger partial charge on any atom is -0.281 e. The summed E-state index contributed by atoms with van der Waals surface area (Å²) in [5, 5.41) is 10.7. The van der Waals surface area contributed by atoms with Gasteiger partial charge in [0.25, 0.3) is 5.91 Å². The average molecular weight is 351 g/mol. The van der Waals surface area contributed by atoms with Crippen molar-refractivity contribution in [3.8, 4) is 0 Å². The Labute approximate surface area is 128 Å². The number of amides is 1. The molecule has 108 valence electrons. The third kappa shape index (κ3) is 2.87. The maximum absolute atomic E-state index is 13.5. The largest absolute Gasteiger partial charge is 0.292 e. The molecule has 3 rings (SSSR count). The van der Waals surface area contributed by atoms with E-state index in [1.807, 2.05) is 0 Å². The Kier molecular flexibility index (Phi) is 3.83. The van der Waals surface area contributed by atoms with Gasteiger partial charge in [-0.1, -0.05) is 15.9 Å². The molecule has 0 spiro atoms. The van der Waals surface area contributed by atoms with Gasteiger partial charge in [-0.3, -0.25) is 9.89 Å². The van der Waals surface area contributed by atoms with Crippen molar-refractivity contribution in [2.75, 3.05) is 0 Å². The minimum absolute atomic E-state index is 0.289. The number of hydrogen-bond acceptors (Lipinski definition) is 3. The van der Waals surface area contributed by atoms with Gasteiger partial charge in [-0.05, 0) is 37.5 Å². The topological polar surface area (TPSA) is 70.1 Å². The van der Waals surface area contributed by atoms with Crippen molar-refractivity contribution in [1.29, 1.82) is 0 Å². The molecule has 1 aromatic carbocycles. The van der Waals surface area contributed by atoms with Gasteiger partial charge < -0.3 is 0 Å². The number of aromatic amines is 1. The Morgan fingerprint density at radius 2 is 2.33 bits per heavy atom. The zero-order valence-corrected chi connectivity index (χ0v) is 12.6. The number of hydrazone groups is 1. The molecule has 0 atom stereocenters. The zero-order valence-electron chi connectivity index (χ0n) is 11.0. The molecule has 1 heterocycles. The second kappa shape index (κ2) is 5.77. The van der Waals surface area contributed by atoms with Crippen LogP contribution < -0.4 is 5.43 Å². The van der Waals surface area contributed by atoms with Crippen molar-refractivity contribution in [2.45, 2.75) is 19.3 Å². The van der Waals surface area contributed by atoms with Gasteiger partial charge in [0.2, 0.25) is 0 Å². The highest BCUT2D eigenvalue weighted by molar-refractivity contribution is 9.10. The Morgan fingerprint density at radius 1 is 1.48 bits per heavy atom. The van der Waals surface area contributed by atoms with Gasteiger partial charge in [0.05, 0.1) is 6.21 Å². The van der Waals surface area contributed by atoms with Gasteiger partial charge in [0.1, 0.15) is 5.82 Å². The number of nitrogens with one attached hydrogen (secondary N) is 2. The maximum Gasteiger partial charge on any atom is 0.292 e.